The summed E-state index contributed by atoms with van der Waals surface area (Å²) in [5.41, 5.74) is 0.963. The van der Waals surface area contributed by atoms with Crippen molar-refractivity contribution in [3.63, 3.8) is 0 Å². The third-order valence-corrected chi connectivity index (χ3v) is 3.95. The van der Waals surface area contributed by atoms with Crippen molar-refractivity contribution >= 4 is 27.9 Å². The van der Waals surface area contributed by atoms with Gasteiger partial charge in [-0.2, -0.15) is 9.61 Å². The first kappa shape index (κ1) is 12.6. The van der Waals surface area contributed by atoms with Crippen LogP contribution in [0, 0.1) is 0 Å². The van der Waals surface area contributed by atoms with Gasteiger partial charge in [0.25, 0.3) is 0 Å². The van der Waals surface area contributed by atoms with E-state index >= 15 is 0 Å². The lowest BCUT2D eigenvalue weighted by molar-refractivity contribution is 0.528. The van der Waals surface area contributed by atoms with Crippen LogP contribution in [0.25, 0.3) is 15.5 Å². The molecule has 3 aromatic rings. The first-order chi connectivity index (χ1) is 8.95. The second kappa shape index (κ2) is 4.28. The smallest absolute Gasteiger partial charge is 0.186 e. The van der Waals surface area contributed by atoms with E-state index < -0.39 is 0 Å². The number of hydrogen-bond donors (Lipinski definition) is 0. The lowest BCUT2D eigenvalue weighted by Gasteiger charge is -2.13. The normalized spacial score (nSPS) is 12.2. The van der Waals surface area contributed by atoms with Gasteiger partial charge < -0.3 is 0 Å². The molecule has 0 amide bonds. The molecular weight excluding hydrogens is 280 g/mol. The van der Waals surface area contributed by atoms with Gasteiger partial charge in [0, 0.05) is 16.0 Å². The van der Waals surface area contributed by atoms with E-state index in [1.54, 1.807) is 0 Å². The molecule has 0 aliphatic carbocycles. The number of halogens is 1. The molecule has 2 aromatic heterocycles. The standard InChI is InChI=1S/C13H13ClN4S/c1-13(2,3)11-15-16-12-18(11)17-10(19-12)8-4-6-9(14)7-5-8/h4-7H,1-3H3. The SMILES string of the molecule is CC(C)(C)c1nnc2sc(-c3ccc(Cl)cc3)nn12. The van der Waals surface area contributed by atoms with Crippen molar-refractivity contribution in [2.24, 2.45) is 0 Å². The molecule has 0 bridgehead atoms. The van der Waals surface area contributed by atoms with E-state index in [1.807, 2.05) is 28.8 Å². The maximum atomic E-state index is 5.90. The summed E-state index contributed by atoms with van der Waals surface area (Å²) in [5, 5.41) is 14.7. The summed E-state index contributed by atoms with van der Waals surface area (Å²) in [7, 11) is 0. The van der Waals surface area contributed by atoms with Crippen molar-refractivity contribution in [3.8, 4) is 10.6 Å². The fraction of sp³-hybridized carbons (Fsp3) is 0.308. The van der Waals surface area contributed by atoms with Crippen LogP contribution in [0.15, 0.2) is 24.3 Å². The predicted molar refractivity (Wildman–Crippen MR) is 77.8 cm³/mol. The van der Waals surface area contributed by atoms with Crippen LogP contribution >= 0.6 is 22.9 Å². The maximum absolute atomic E-state index is 5.90. The molecule has 0 radical (unpaired) electrons. The van der Waals surface area contributed by atoms with Crippen LogP contribution in [0.1, 0.15) is 26.6 Å². The molecule has 1 aromatic carbocycles. The van der Waals surface area contributed by atoms with Gasteiger partial charge in [-0.15, -0.1) is 10.2 Å². The van der Waals surface area contributed by atoms with E-state index in [0.29, 0.717) is 0 Å². The van der Waals surface area contributed by atoms with Gasteiger partial charge in [-0.05, 0) is 12.1 Å². The van der Waals surface area contributed by atoms with Crippen LogP contribution in [-0.4, -0.2) is 19.8 Å². The van der Waals surface area contributed by atoms with Crippen LogP contribution < -0.4 is 0 Å². The van der Waals surface area contributed by atoms with E-state index in [-0.39, 0.29) is 5.41 Å². The van der Waals surface area contributed by atoms with Gasteiger partial charge in [-0.3, -0.25) is 0 Å². The molecule has 19 heavy (non-hydrogen) atoms. The third kappa shape index (κ3) is 2.24. The highest BCUT2D eigenvalue weighted by Crippen LogP contribution is 2.29. The Bertz CT molecular complexity index is 721. The van der Waals surface area contributed by atoms with Gasteiger partial charge in [-0.1, -0.05) is 55.8 Å². The summed E-state index contributed by atoms with van der Waals surface area (Å²) in [5.74, 6) is 0.874. The van der Waals surface area contributed by atoms with Crippen LogP contribution in [0.5, 0.6) is 0 Å². The first-order valence-corrected chi connectivity index (χ1v) is 7.13. The van der Waals surface area contributed by atoms with Gasteiger partial charge in [0.1, 0.15) is 5.01 Å². The Kier molecular flexibility index (Phi) is 2.83. The second-order valence-corrected chi connectivity index (χ2v) is 6.77. The number of hydrogen-bond acceptors (Lipinski definition) is 4. The molecule has 0 N–H and O–H groups in total. The molecule has 0 unspecified atom stereocenters. The molecular formula is C13H13ClN4S. The van der Waals surface area contributed by atoms with Gasteiger partial charge in [0.2, 0.25) is 4.96 Å². The van der Waals surface area contributed by atoms with Crippen molar-refractivity contribution in [2.45, 2.75) is 26.2 Å². The lowest BCUT2D eigenvalue weighted by atomic mass is 9.96. The summed E-state index contributed by atoms with van der Waals surface area (Å²) in [4.78, 5) is 0.815. The predicted octanol–water partition coefficient (Wildman–Crippen LogP) is 3.80. The Morgan fingerprint density at radius 1 is 1.11 bits per heavy atom. The van der Waals surface area contributed by atoms with Crippen molar-refractivity contribution < 1.29 is 0 Å². The minimum atomic E-state index is -0.0786. The molecule has 0 saturated heterocycles. The molecule has 0 saturated carbocycles. The Morgan fingerprint density at radius 3 is 2.42 bits per heavy atom. The van der Waals surface area contributed by atoms with Crippen molar-refractivity contribution in [3.05, 3.63) is 35.1 Å². The molecule has 4 nitrogen and oxygen atoms in total. The number of rotatable bonds is 1. The summed E-state index contributed by atoms with van der Waals surface area (Å²) in [6.07, 6.45) is 0. The number of nitrogens with zero attached hydrogens (tertiary/aromatic N) is 4. The average Bonchev–Trinajstić information content (AvgIpc) is 2.87. The topological polar surface area (TPSA) is 43.1 Å². The van der Waals surface area contributed by atoms with Gasteiger partial charge >= 0.3 is 0 Å². The highest BCUT2D eigenvalue weighted by atomic mass is 35.5. The van der Waals surface area contributed by atoms with E-state index in [9.17, 15) is 0 Å². The van der Waals surface area contributed by atoms with Crippen molar-refractivity contribution in [2.75, 3.05) is 0 Å². The molecule has 0 fully saturated rings. The molecule has 3 rings (SSSR count). The van der Waals surface area contributed by atoms with Crippen LogP contribution in [0.3, 0.4) is 0 Å². The fourth-order valence-electron chi connectivity index (χ4n) is 1.79. The maximum Gasteiger partial charge on any atom is 0.235 e. The Balaban J connectivity index is 2.12. The minimum absolute atomic E-state index is 0.0786. The van der Waals surface area contributed by atoms with E-state index in [4.69, 9.17) is 11.6 Å². The first-order valence-electron chi connectivity index (χ1n) is 5.94. The van der Waals surface area contributed by atoms with Crippen LogP contribution in [-0.2, 0) is 5.41 Å². The van der Waals surface area contributed by atoms with Gasteiger partial charge in [0.05, 0.1) is 0 Å². The van der Waals surface area contributed by atoms with Gasteiger partial charge in [0.15, 0.2) is 5.82 Å². The van der Waals surface area contributed by atoms with Crippen molar-refractivity contribution in [1.82, 2.24) is 19.8 Å². The highest BCUT2D eigenvalue weighted by Gasteiger charge is 2.23. The zero-order valence-electron chi connectivity index (χ0n) is 10.9. The third-order valence-electron chi connectivity index (χ3n) is 2.75. The largest absolute Gasteiger partial charge is 0.235 e. The molecule has 98 valence electrons. The Labute approximate surface area is 120 Å². The summed E-state index contributed by atoms with van der Waals surface area (Å²) < 4.78 is 1.83. The lowest BCUT2D eigenvalue weighted by Crippen LogP contribution is -2.16. The van der Waals surface area contributed by atoms with E-state index in [2.05, 4.69) is 36.1 Å². The number of aromatic nitrogens is 4. The molecule has 0 aliphatic rings. The molecule has 6 heteroatoms. The van der Waals surface area contributed by atoms with E-state index in [1.165, 1.54) is 11.3 Å². The van der Waals surface area contributed by atoms with Crippen LogP contribution in [0.4, 0.5) is 0 Å². The summed E-state index contributed by atoms with van der Waals surface area (Å²) in [6.45, 7) is 6.31. The Hall–Kier alpha value is -1.46. The van der Waals surface area contributed by atoms with Crippen LogP contribution in [0.2, 0.25) is 5.02 Å². The zero-order chi connectivity index (χ0) is 13.6. The van der Waals surface area contributed by atoms with Gasteiger partial charge in [-0.25, -0.2) is 0 Å². The average molecular weight is 293 g/mol. The summed E-state index contributed by atoms with van der Waals surface area (Å²) >= 11 is 7.43. The fourth-order valence-corrected chi connectivity index (χ4v) is 2.76. The minimum Gasteiger partial charge on any atom is -0.186 e. The Morgan fingerprint density at radius 2 is 1.79 bits per heavy atom. The monoisotopic (exact) mass is 292 g/mol. The summed E-state index contributed by atoms with van der Waals surface area (Å²) in [6, 6.07) is 7.66. The highest BCUT2D eigenvalue weighted by molar-refractivity contribution is 7.19. The molecule has 0 spiro atoms. The quantitative estimate of drug-likeness (QED) is 0.685. The number of fused-ring (bicyclic) bond motifs is 1. The van der Waals surface area contributed by atoms with Crippen molar-refractivity contribution in [1.29, 1.82) is 0 Å². The second-order valence-electron chi connectivity index (χ2n) is 5.38. The number of benzene rings is 1. The molecule has 0 aliphatic heterocycles. The van der Waals surface area contributed by atoms with E-state index in [0.717, 1.165) is 26.4 Å². The zero-order valence-corrected chi connectivity index (χ0v) is 12.5. The molecule has 2 heterocycles. The molecule has 0 atom stereocenters.